The maximum absolute atomic E-state index is 12.4. The van der Waals surface area contributed by atoms with Gasteiger partial charge in [-0.2, -0.15) is 0 Å². The fraction of sp³-hybridized carbons (Fsp3) is 0.682. The van der Waals surface area contributed by atoms with E-state index in [-0.39, 0.29) is 18.7 Å². The first-order valence-electron chi connectivity index (χ1n) is 10.7. The molecule has 3 rings (SSSR count). The lowest BCUT2D eigenvalue weighted by molar-refractivity contribution is -0.0129. The van der Waals surface area contributed by atoms with E-state index in [2.05, 4.69) is 36.2 Å². The molecule has 2 heterocycles. The number of ether oxygens (including phenoxy) is 1. The van der Waals surface area contributed by atoms with Crippen LogP contribution in [0.2, 0.25) is 0 Å². The zero-order chi connectivity index (χ0) is 19.9. The number of hydrogen-bond donors (Lipinski definition) is 2. The molecular formula is C22H35N3O3. The summed E-state index contributed by atoms with van der Waals surface area (Å²) in [7, 11) is 0. The lowest BCUT2D eigenvalue weighted by Crippen LogP contribution is -2.40. The molecule has 0 aromatic heterocycles. The Morgan fingerprint density at radius 3 is 2.68 bits per heavy atom. The van der Waals surface area contributed by atoms with Gasteiger partial charge in [0.05, 0.1) is 18.8 Å². The number of carbonyl (C=O) groups is 1. The third kappa shape index (κ3) is 5.69. The summed E-state index contributed by atoms with van der Waals surface area (Å²) in [6, 6.07) is 8.37. The van der Waals surface area contributed by atoms with Gasteiger partial charge >= 0.3 is 6.03 Å². The monoisotopic (exact) mass is 389 g/mol. The van der Waals surface area contributed by atoms with E-state index in [1.54, 1.807) is 4.90 Å². The molecule has 2 amide bonds. The van der Waals surface area contributed by atoms with E-state index in [1.807, 2.05) is 12.1 Å². The van der Waals surface area contributed by atoms with Gasteiger partial charge in [0.1, 0.15) is 0 Å². The Morgan fingerprint density at radius 1 is 1.25 bits per heavy atom. The second kappa shape index (κ2) is 10.2. The van der Waals surface area contributed by atoms with Crippen LogP contribution in [0.15, 0.2) is 24.3 Å². The number of aliphatic hydroxyl groups is 1. The molecule has 1 aromatic rings. The van der Waals surface area contributed by atoms with Crippen LogP contribution in [0.25, 0.3) is 0 Å². The molecule has 2 aliphatic heterocycles. The Kier molecular flexibility index (Phi) is 7.71. The predicted octanol–water partition coefficient (Wildman–Crippen LogP) is 3.45. The van der Waals surface area contributed by atoms with Gasteiger partial charge in [-0.25, -0.2) is 4.79 Å². The first-order valence-corrected chi connectivity index (χ1v) is 10.7. The molecule has 6 heteroatoms. The van der Waals surface area contributed by atoms with Crippen LogP contribution in [0, 0.1) is 0 Å². The number of rotatable bonds is 7. The summed E-state index contributed by atoms with van der Waals surface area (Å²) in [6.07, 6.45) is 5.77. The van der Waals surface area contributed by atoms with Crippen LogP contribution in [0.5, 0.6) is 0 Å². The van der Waals surface area contributed by atoms with E-state index in [9.17, 15) is 9.90 Å². The second-order valence-electron chi connectivity index (χ2n) is 8.31. The Hall–Kier alpha value is -1.63. The van der Waals surface area contributed by atoms with Crippen molar-refractivity contribution >= 4 is 11.7 Å². The quantitative estimate of drug-likeness (QED) is 0.750. The maximum Gasteiger partial charge on any atom is 0.322 e. The van der Waals surface area contributed by atoms with Crippen molar-refractivity contribution < 1.29 is 14.6 Å². The number of anilines is 1. The predicted molar refractivity (Wildman–Crippen MR) is 111 cm³/mol. The van der Waals surface area contributed by atoms with Gasteiger partial charge in [0, 0.05) is 38.0 Å². The van der Waals surface area contributed by atoms with Crippen molar-refractivity contribution in [3.8, 4) is 0 Å². The SMILES string of the molecule is CC(C)N(Cc1ccc(NC(=O)N2CCC[C@@H]2CO)cc1)C[C@H]1CCCCO1. The van der Waals surface area contributed by atoms with Crippen molar-refractivity contribution in [2.24, 2.45) is 0 Å². The molecule has 156 valence electrons. The summed E-state index contributed by atoms with van der Waals surface area (Å²) in [4.78, 5) is 16.6. The Morgan fingerprint density at radius 2 is 2.04 bits per heavy atom. The maximum atomic E-state index is 12.4. The fourth-order valence-corrected chi connectivity index (χ4v) is 4.09. The number of benzene rings is 1. The largest absolute Gasteiger partial charge is 0.394 e. The number of carbonyl (C=O) groups excluding carboxylic acids is 1. The van der Waals surface area contributed by atoms with Crippen LogP contribution in [0.1, 0.15) is 51.5 Å². The summed E-state index contributed by atoms with van der Waals surface area (Å²) >= 11 is 0. The number of aliphatic hydroxyl groups excluding tert-OH is 1. The Balaban J connectivity index is 1.54. The van der Waals surface area contributed by atoms with Gasteiger partial charge < -0.3 is 20.1 Å². The van der Waals surface area contributed by atoms with Crippen LogP contribution < -0.4 is 5.32 Å². The van der Waals surface area contributed by atoms with Crippen molar-refractivity contribution in [1.29, 1.82) is 0 Å². The van der Waals surface area contributed by atoms with Crippen LogP contribution in [0.3, 0.4) is 0 Å². The third-order valence-electron chi connectivity index (χ3n) is 5.88. The molecule has 2 fully saturated rings. The van der Waals surface area contributed by atoms with Gasteiger partial charge in [0.2, 0.25) is 0 Å². The van der Waals surface area contributed by atoms with Gasteiger partial charge in [-0.05, 0) is 63.6 Å². The molecule has 0 unspecified atom stereocenters. The minimum Gasteiger partial charge on any atom is -0.394 e. The number of hydrogen-bond acceptors (Lipinski definition) is 4. The first-order chi connectivity index (χ1) is 13.6. The van der Waals surface area contributed by atoms with Gasteiger partial charge in [0.15, 0.2) is 0 Å². The summed E-state index contributed by atoms with van der Waals surface area (Å²) < 4.78 is 5.91. The second-order valence-corrected chi connectivity index (χ2v) is 8.31. The Bertz CT molecular complexity index is 614. The molecule has 6 nitrogen and oxygen atoms in total. The highest BCUT2D eigenvalue weighted by atomic mass is 16.5. The van der Waals surface area contributed by atoms with Crippen LogP contribution in [-0.2, 0) is 11.3 Å². The zero-order valence-electron chi connectivity index (χ0n) is 17.3. The van der Waals surface area contributed by atoms with Crippen molar-refractivity contribution in [2.75, 3.05) is 31.6 Å². The van der Waals surface area contributed by atoms with Crippen molar-refractivity contribution in [3.63, 3.8) is 0 Å². The fourth-order valence-electron chi connectivity index (χ4n) is 4.09. The smallest absolute Gasteiger partial charge is 0.322 e. The molecule has 2 aliphatic rings. The lowest BCUT2D eigenvalue weighted by Gasteiger charge is -2.32. The van der Waals surface area contributed by atoms with Crippen molar-refractivity contribution in [2.45, 2.75) is 70.7 Å². The first kappa shape index (κ1) is 21.1. The highest BCUT2D eigenvalue weighted by Crippen LogP contribution is 2.20. The molecule has 0 saturated carbocycles. The minimum atomic E-state index is -0.123. The molecule has 2 saturated heterocycles. The van der Waals surface area contributed by atoms with E-state index in [0.717, 1.165) is 44.6 Å². The van der Waals surface area contributed by atoms with Crippen molar-refractivity contribution in [3.05, 3.63) is 29.8 Å². The molecule has 28 heavy (non-hydrogen) atoms. The number of nitrogens with one attached hydrogen (secondary N) is 1. The van der Waals surface area contributed by atoms with Crippen LogP contribution >= 0.6 is 0 Å². The number of nitrogens with zero attached hydrogens (tertiary/aromatic N) is 2. The average Bonchev–Trinajstić information content (AvgIpc) is 3.18. The standard InChI is InChI=1S/C22H35N3O3/c1-17(2)24(15-21-7-3-4-13-28-21)14-18-8-10-19(11-9-18)23-22(27)25-12-5-6-20(25)16-26/h8-11,17,20-21,26H,3-7,12-16H2,1-2H3,(H,23,27)/t20-,21-/m1/s1. The highest BCUT2D eigenvalue weighted by molar-refractivity contribution is 5.89. The van der Waals surface area contributed by atoms with Gasteiger partial charge in [0.25, 0.3) is 0 Å². The van der Waals surface area contributed by atoms with E-state index in [4.69, 9.17) is 4.74 Å². The van der Waals surface area contributed by atoms with E-state index in [1.165, 1.54) is 18.4 Å². The summed E-state index contributed by atoms with van der Waals surface area (Å²) in [6.45, 7) is 7.93. The molecule has 0 bridgehead atoms. The topological polar surface area (TPSA) is 65.0 Å². The molecule has 2 N–H and O–H groups in total. The Labute approximate surface area is 168 Å². The normalized spacial score (nSPS) is 22.8. The van der Waals surface area contributed by atoms with E-state index in [0.29, 0.717) is 18.7 Å². The van der Waals surface area contributed by atoms with Gasteiger partial charge in [-0.1, -0.05) is 12.1 Å². The van der Waals surface area contributed by atoms with Gasteiger partial charge in [-0.3, -0.25) is 4.90 Å². The lowest BCUT2D eigenvalue weighted by atomic mass is 10.1. The molecule has 0 aliphatic carbocycles. The van der Waals surface area contributed by atoms with Crippen LogP contribution in [0.4, 0.5) is 10.5 Å². The average molecular weight is 390 g/mol. The van der Waals surface area contributed by atoms with Crippen molar-refractivity contribution in [1.82, 2.24) is 9.80 Å². The molecule has 1 aromatic carbocycles. The third-order valence-corrected chi connectivity index (χ3v) is 5.88. The minimum absolute atomic E-state index is 0.0299. The summed E-state index contributed by atoms with van der Waals surface area (Å²) in [5.74, 6) is 0. The molecule has 0 radical (unpaired) electrons. The summed E-state index contributed by atoms with van der Waals surface area (Å²) in [5, 5.41) is 12.4. The number of amides is 2. The van der Waals surface area contributed by atoms with Gasteiger partial charge in [-0.15, -0.1) is 0 Å². The number of likely N-dealkylation sites (tertiary alicyclic amines) is 1. The van der Waals surface area contributed by atoms with Crippen LogP contribution in [-0.4, -0.2) is 65.4 Å². The summed E-state index contributed by atoms with van der Waals surface area (Å²) in [5.41, 5.74) is 2.03. The van der Waals surface area contributed by atoms with E-state index < -0.39 is 0 Å². The zero-order valence-corrected chi connectivity index (χ0v) is 17.3. The molecule has 0 spiro atoms. The van der Waals surface area contributed by atoms with E-state index >= 15 is 0 Å². The highest BCUT2D eigenvalue weighted by Gasteiger charge is 2.28. The number of urea groups is 1. The molecule has 2 atom stereocenters. The molecular weight excluding hydrogens is 354 g/mol.